The third-order valence-corrected chi connectivity index (χ3v) is 3.85. The van der Waals surface area contributed by atoms with Crippen LogP contribution in [0.4, 0.5) is 13.2 Å². The number of thioether (sulfide) groups is 1. The van der Waals surface area contributed by atoms with Crippen molar-refractivity contribution in [1.82, 2.24) is 4.90 Å². The second-order valence-corrected chi connectivity index (χ2v) is 6.00. The zero-order chi connectivity index (χ0) is 15.7. The van der Waals surface area contributed by atoms with Crippen LogP contribution in [0.2, 0.25) is 0 Å². The van der Waals surface area contributed by atoms with E-state index >= 15 is 0 Å². The van der Waals surface area contributed by atoms with Crippen molar-refractivity contribution in [3.8, 4) is 0 Å². The van der Waals surface area contributed by atoms with Crippen LogP contribution in [0.15, 0.2) is 11.1 Å². The van der Waals surface area contributed by atoms with Gasteiger partial charge in [-0.05, 0) is 0 Å². The fourth-order valence-corrected chi connectivity index (χ4v) is 2.35. The van der Waals surface area contributed by atoms with Crippen LogP contribution in [0.25, 0.3) is 0 Å². The van der Waals surface area contributed by atoms with Crippen molar-refractivity contribution >= 4 is 33.8 Å². The molecule has 12 heteroatoms. The van der Waals surface area contributed by atoms with E-state index in [0.29, 0.717) is 6.42 Å². The standard InChI is InChI=1S/C7H7NO3S.CHF3O3S/c9-6-1-4-2-12-3-5(7(10)11)8(4)6;2-1(3,4)8(5,6)7/h3-4H,1-2H2,(H,10,11);(H,5,6,7). The number of carboxylic acid groups (broad SMARTS) is 1. The third kappa shape index (κ3) is 3.64. The summed E-state index contributed by atoms with van der Waals surface area (Å²) in [5.41, 5.74) is -5.40. The summed E-state index contributed by atoms with van der Waals surface area (Å²) < 4.78 is 57.5. The van der Waals surface area contributed by atoms with Gasteiger partial charge >= 0.3 is 21.6 Å². The number of nitrogens with zero attached hydrogens (tertiary/aromatic N) is 1. The summed E-state index contributed by atoms with van der Waals surface area (Å²) in [5, 5.41) is 10.2. The highest BCUT2D eigenvalue weighted by atomic mass is 32.2. The quantitative estimate of drug-likeness (QED) is 0.411. The second-order valence-electron chi connectivity index (χ2n) is 3.68. The molecule has 1 unspecified atom stereocenters. The highest BCUT2D eigenvalue weighted by Crippen LogP contribution is 2.33. The molecule has 0 bridgehead atoms. The van der Waals surface area contributed by atoms with Gasteiger partial charge in [0, 0.05) is 17.6 Å². The van der Waals surface area contributed by atoms with Crippen molar-refractivity contribution in [2.24, 2.45) is 0 Å². The number of β-lactam (4-membered cyclic amide) rings is 1. The Labute approximate surface area is 115 Å². The summed E-state index contributed by atoms with van der Waals surface area (Å²) in [6.07, 6.45) is 0.498. The number of amides is 1. The number of carboxylic acids is 1. The van der Waals surface area contributed by atoms with Crippen molar-refractivity contribution in [2.75, 3.05) is 5.75 Å². The van der Waals surface area contributed by atoms with Crippen LogP contribution in [0.3, 0.4) is 0 Å². The van der Waals surface area contributed by atoms with Crippen LogP contribution in [0, 0.1) is 0 Å². The van der Waals surface area contributed by atoms with Crippen molar-refractivity contribution in [3.05, 3.63) is 11.1 Å². The lowest BCUT2D eigenvalue weighted by Gasteiger charge is -2.42. The Morgan fingerprint density at radius 3 is 2.25 bits per heavy atom. The Bertz CT molecular complexity index is 555. The van der Waals surface area contributed by atoms with E-state index in [9.17, 15) is 22.8 Å². The second kappa shape index (κ2) is 5.61. The Balaban J connectivity index is 0.000000221. The smallest absolute Gasteiger partial charge is 0.477 e. The van der Waals surface area contributed by atoms with Crippen molar-refractivity contribution < 1.29 is 40.8 Å². The summed E-state index contributed by atoms with van der Waals surface area (Å²) >= 11 is 1.46. The molecule has 0 aromatic carbocycles. The maximum Gasteiger partial charge on any atom is 0.522 e. The molecule has 2 aliphatic rings. The summed E-state index contributed by atoms with van der Waals surface area (Å²) in [7, 11) is -5.84. The predicted molar refractivity (Wildman–Crippen MR) is 61.0 cm³/mol. The average Bonchev–Trinajstić information content (AvgIpc) is 2.24. The Morgan fingerprint density at radius 1 is 1.45 bits per heavy atom. The molecule has 2 N–H and O–H groups in total. The molecular formula is C8H8F3NO6S2. The molecule has 114 valence electrons. The number of rotatable bonds is 1. The number of hydrogen-bond donors (Lipinski definition) is 2. The van der Waals surface area contributed by atoms with E-state index in [1.54, 1.807) is 0 Å². The van der Waals surface area contributed by atoms with Gasteiger partial charge in [0.15, 0.2) is 0 Å². The number of fused-ring (bicyclic) bond motifs is 1. The molecule has 1 amide bonds. The van der Waals surface area contributed by atoms with Crippen molar-refractivity contribution in [3.63, 3.8) is 0 Å². The first-order valence-corrected chi connectivity index (χ1v) is 7.35. The first-order valence-electron chi connectivity index (χ1n) is 4.86. The summed E-state index contributed by atoms with van der Waals surface area (Å²) in [6, 6.07) is 0.124. The van der Waals surface area contributed by atoms with Crippen LogP contribution < -0.4 is 0 Å². The lowest BCUT2D eigenvalue weighted by molar-refractivity contribution is -0.148. The van der Waals surface area contributed by atoms with Gasteiger partial charge in [-0.15, -0.1) is 11.8 Å². The normalized spacial score (nSPS) is 22.0. The highest BCUT2D eigenvalue weighted by Gasteiger charge is 2.44. The van der Waals surface area contributed by atoms with Crippen LogP contribution in [0.5, 0.6) is 0 Å². The Hall–Kier alpha value is -1.27. The number of hydrogen-bond acceptors (Lipinski definition) is 5. The average molecular weight is 335 g/mol. The molecular weight excluding hydrogens is 327 g/mol. The zero-order valence-corrected chi connectivity index (χ0v) is 11.1. The number of carbonyl (C=O) groups is 2. The van der Waals surface area contributed by atoms with Crippen molar-refractivity contribution in [2.45, 2.75) is 18.0 Å². The van der Waals surface area contributed by atoms with Gasteiger partial charge in [-0.1, -0.05) is 0 Å². The Kier molecular flexibility index (Phi) is 4.71. The molecule has 20 heavy (non-hydrogen) atoms. The summed E-state index contributed by atoms with van der Waals surface area (Å²) in [6.45, 7) is 0. The molecule has 0 aromatic rings. The fourth-order valence-electron chi connectivity index (χ4n) is 1.40. The molecule has 2 aliphatic heterocycles. The van der Waals surface area contributed by atoms with Gasteiger partial charge in [0.05, 0.1) is 6.04 Å². The van der Waals surface area contributed by atoms with E-state index in [4.69, 9.17) is 18.1 Å². The van der Waals surface area contributed by atoms with E-state index < -0.39 is 21.6 Å². The molecule has 0 saturated carbocycles. The van der Waals surface area contributed by atoms with E-state index in [-0.39, 0.29) is 17.6 Å². The largest absolute Gasteiger partial charge is 0.522 e. The Morgan fingerprint density at radius 2 is 1.95 bits per heavy atom. The van der Waals surface area contributed by atoms with Gasteiger partial charge in [0.25, 0.3) is 0 Å². The molecule has 7 nitrogen and oxygen atoms in total. The highest BCUT2D eigenvalue weighted by molar-refractivity contribution is 8.02. The number of aliphatic carboxylic acids is 1. The summed E-state index contributed by atoms with van der Waals surface area (Å²) in [5.74, 6) is -0.267. The van der Waals surface area contributed by atoms with E-state index in [0.717, 1.165) is 5.75 Å². The lowest BCUT2D eigenvalue weighted by atomic mass is 10.0. The first kappa shape index (κ1) is 16.8. The predicted octanol–water partition coefficient (Wildman–Crippen LogP) is 0.654. The minimum absolute atomic E-state index is 0.0750. The first-order chi connectivity index (χ1) is 8.95. The monoisotopic (exact) mass is 335 g/mol. The minimum Gasteiger partial charge on any atom is -0.477 e. The minimum atomic E-state index is -5.84. The molecule has 0 radical (unpaired) electrons. The number of halogens is 3. The van der Waals surface area contributed by atoms with E-state index in [2.05, 4.69) is 0 Å². The molecule has 1 saturated heterocycles. The third-order valence-electron chi connectivity index (χ3n) is 2.30. The molecule has 1 fully saturated rings. The molecule has 1 atom stereocenters. The lowest BCUT2D eigenvalue weighted by Crippen LogP contribution is -2.55. The van der Waals surface area contributed by atoms with Crippen LogP contribution >= 0.6 is 11.8 Å². The topological polar surface area (TPSA) is 112 Å². The van der Waals surface area contributed by atoms with Gasteiger partial charge in [-0.25, -0.2) is 4.79 Å². The zero-order valence-electron chi connectivity index (χ0n) is 9.49. The maximum atomic E-state index is 11.0. The van der Waals surface area contributed by atoms with Crippen LogP contribution in [-0.4, -0.2) is 52.2 Å². The van der Waals surface area contributed by atoms with Gasteiger partial charge in [0.1, 0.15) is 5.70 Å². The summed E-state index contributed by atoms with van der Waals surface area (Å²) in [4.78, 5) is 23.0. The molecule has 2 rings (SSSR count). The van der Waals surface area contributed by atoms with E-state index in [1.807, 2.05) is 0 Å². The molecule has 0 aromatic heterocycles. The van der Waals surface area contributed by atoms with Gasteiger partial charge in [0.2, 0.25) is 5.91 Å². The maximum absolute atomic E-state index is 11.0. The number of alkyl halides is 3. The van der Waals surface area contributed by atoms with Gasteiger partial charge in [-0.3, -0.25) is 9.35 Å². The van der Waals surface area contributed by atoms with Crippen LogP contribution in [0.1, 0.15) is 6.42 Å². The molecule has 0 spiro atoms. The molecule has 2 heterocycles. The van der Waals surface area contributed by atoms with Crippen LogP contribution in [-0.2, 0) is 19.7 Å². The van der Waals surface area contributed by atoms with E-state index in [1.165, 1.54) is 22.1 Å². The van der Waals surface area contributed by atoms with Gasteiger partial charge < -0.3 is 10.0 Å². The SMILES string of the molecule is O=C(O)C1=CSCC2CC(=O)N12.O=S(=O)(O)C(F)(F)F. The number of carbonyl (C=O) groups excluding carboxylic acids is 1. The van der Waals surface area contributed by atoms with Crippen molar-refractivity contribution in [1.29, 1.82) is 0 Å². The fraction of sp³-hybridized carbons (Fsp3) is 0.500. The molecule has 0 aliphatic carbocycles. The van der Waals surface area contributed by atoms with Gasteiger partial charge in [-0.2, -0.15) is 21.6 Å².